The lowest BCUT2D eigenvalue weighted by Gasteiger charge is -2.38. The van der Waals surface area contributed by atoms with Gasteiger partial charge in [0.1, 0.15) is 28.4 Å². The molecule has 2 amide bonds. The molecule has 2 aromatic heterocycles. The van der Waals surface area contributed by atoms with Crippen molar-refractivity contribution < 1.29 is 28.3 Å². The summed E-state index contributed by atoms with van der Waals surface area (Å²) in [5.74, 6) is 0.645. The fourth-order valence-electron chi connectivity index (χ4n) is 5.70. The number of hydrogen-bond donors (Lipinski definition) is 1. The number of fused-ring (bicyclic) bond motifs is 2. The van der Waals surface area contributed by atoms with Crippen LogP contribution in [0.3, 0.4) is 0 Å². The van der Waals surface area contributed by atoms with Crippen LogP contribution < -0.4 is 19.9 Å². The van der Waals surface area contributed by atoms with E-state index in [1.807, 2.05) is 25.1 Å². The Morgan fingerprint density at radius 1 is 1.07 bits per heavy atom. The number of rotatable bonds is 11. The van der Waals surface area contributed by atoms with E-state index >= 15 is 0 Å². The number of para-hydroxylation sites is 2. The Bertz CT molecular complexity index is 1750. The fourth-order valence-corrected chi connectivity index (χ4v) is 5.89. The monoisotopic (exact) mass is 630 g/mol. The summed E-state index contributed by atoms with van der Waals surface area (Å²) in [6.45, 7) is 5.51. The average Bonchev–Trinajstić information content (AvgIpc) is 3.84. The topological polar surface area (TPSA) is 114 Å². The highest BCUT2D eigenvalue weighted by molar-refractivity contribution is 6.32. The van der Waals surface area contributed by atoms with Crippen LogP contribution in [0.5, 0.6) is 11.5 Å². The van der Waals surface area contributed by atoms with Gasteiger partial charge >= 0.3 is 5.97 Å². The summed E-state index contributed by atoms with van der Waals surface area (Å²) in [6.07, 6.45) is 6.16. The van der Waals surface area contributed by atoms with E-state index in [2.05, 4.69) is 21.3 Å². The molecule has 0 unspecified atom stereocenters. The van der Waals surface area contributed by atoms with Gasteiger partial charge in [0, 0.05) is 62.4 Å². The number of halogens is 1. The number of nitrogens with zero attached hydrogens (tertiary/aromatic N) is 3. The van der Waals surface area contributed by atoms with Crippen LogP contribution in [-0.4, -0.2) is 55.1 Å². The standard InChI is InChI=1S/C34H35ClN4O6/c1-3-43-33(41)13-15-37-32(40)11-10-28-21(2)23-18-31(25(35)19-30(23)44-28)45-29-12-14-36-20-24(29)34(42)39-17-16-38(22-8-9-22)26-6-4-5-7-27(26)39/h4-7,12,14,18-20,22H,3,8-11,13,15-17H2,1-2H3,(H,37,40). The second-order valence-corrected chi connectivity index (χ2v) is 11.6. The number of esters is 1. The first kappa shape index (κ1) is 30.5. The maximum absolute atomic E-state index is 14.0. The summed E-state index contributed by atoms with van der Waals surface area (Å²) < 4.78 is 17.2. The summed E-state index contributed by atoms with van der Waals surface area (Å²) in [5, 5.41) is 3.84. The minimum absolute atomic E-state index is 0.125. The van der Waals surface area contributed by atoms with Gasteiger partial charge in [0.2, 0.25) is 5.91 Å². The molecule has 1 aliphatic carbocycles. The third kappa shape index (κ3) is 6.61. The highest BCUT2D eigenvalue weighted by Crippen LogP contribution is 2.42. The Kier molecular flexibility index (Phi) is 8.93. The number of hydrogen-bond acceptors (Lipinski definition) is 8. The van der Waals surface area contributed by atoms with E-state index in [0.717, 1.165) is 28.9 Å². The summed E-state index contributed by atoms with van der Waals surface area (Å²) in [6, 6.07) is 13.7. The van der Waals surface area contributed by atoms with Crippen LogP contribution in [0.15, 0.2) is 59.3 Å². The number of furan rings is 1. The largest absolute Gasteiger partial charge is 0.466 e. The molecule has 1 saturated carbocycles. The first-order valence-corrected chi connectivity index (χ1v) is 15.6. The van der Waals surface area contributed by atoms with Gasteiger partial charge in [0.25, 0.3) is 5.91 Å². The van der Waals surface area contributed by atoms with Gasteiger partial charge < -0.3 is 29.0 Å². The molecule has 2 aliphatic rings. The summed E-state index contributed by atoms with van der Waals surface area (Å²) in [5.41, 5.74) is 3.71. The number of carbonyl (C=O) groups excluding carboxylic acids is 3. The van der Waals surface area contributed by atoms with Crippen molar-refractivity contribution in [1.29, 1.82) is 0 Å². The van der Waals surface area contributed by atoms with Gasteiger partial charge in [-0.25, -0.2) is 0 Å². The number of aromatic nitrogens is 1. The molecule has 45 heavy (non-hydrogen) atoms. The van der Waals surface area contributed by atoms with Gasteiger partial charge in [-0.2, -0.15) is 0 Å². The predicted octanol–water partition coefficient (Wildman–Crippen LogP) is 6.21. The predicted molar refractivity (Wildman–Crippen MR) is 171 cm³/mol. The third-order valence-electron chi connectivity index (χ3n) is 8.14. The molecular weight excluding hydrogens is 596 g/mol. The van der Waals surface area contributed by atoms with Crippen LogP contribution in [0.25, 0.3) is 11.0 Å². The van der Waals surface area contributed by atoms with Crippen molar-refractivity contribution in [2.24, 2.45) is 0 Å². The Morgan fingerprint density at radius 2 is 1.87 bits per heavy atom. The first-order valence-electron chi connectivity index (χ1n) is 15.3. The van der Waals surface area contributed by atoms with Crippen molar-refractivity contribution in [2.75, 3.05) is 36.0 Å². The van der Waals surface area contributed by atoms with Crippen molar-refractivity contribution in [2.45, 2.75) is 52.0 Å². The van der Waals surface area contributed by atoms with E-state index in [1.165, 1.54) is 19.0 Å². The smallest absolute Gasteiger partial charge is 0.307 e. The van der Waals surface area contributed by atoms with Crippen molar-refractivity contribution in [3.8, 4) is 11.5 Å². The maximum atomic E-state index is 14.0. The van der Waals surface area contributed by atoms with Gasteiger partial charge in [0.15, 0.2) is 0 Å². The van der Waals surface area contributed by atoms with Crippen LogP contribution in [0.1, 0.15) is 54.3 Å². The highest BCUT2D eigenvalue weighted by Gasteiger charge is 2.36. The second kappa shape index (κ2) is 13.2. The van der Waals surface area contributed by atoms with Crippen molar-refractivity contribution in [3.63, 3.8) is 0 Å². The van der Waals surface area contributed by atoms with E-state index < -0.39 is 0 Å². The molecule has 0 atom stereocenters. The van der Waals surface area contributed by atoms with E-state index in [9.17, 15) is 14.4 Å². The molecule has 234 valence electrons. The molecular formula is C34H35ClN4O6. The lowest BCUT2D eigenvalue weighted by atomic mass is 10.1. The fraction of sp³-hybridized carbons (Fsp3) is 0.353. The van der Waals surface area contributed by atoms with Crippen LogP contribution in [0.4, 0.5) is 11.4 Å². The molecule has 3 heterocycles. The number of pyridine rings is 1. The zero-order valence-electron chi connectivity index (χ0n) is 25.3. The van der Waals surface area contributed by atoms with E-state index in [-0.39, 0.29) is 37.2 Å². The molecule has 1 fully saturated rings. The summed E-state index contributed by atoms with van der Waals surface area (Å²) >= 11 is 6.64. The lowest BCUT2D eigenvalue weighted by Crippen LogP contribution is -2.45. The number of carbonyl (C=O) groups is 3. The Balaban J connectivity index is 1.17. The molecule has 0 radical (unpaired) electrons. The number of benzene rings is 2. The van der Waals surface area contributed by atoms with E-state index in [1.54, 1.807) is 36.2 Å². The minimum Gasteiger partial charge on any atom is -0.466 e. The zero-order valence-corrected chi connectivity index (χ0v) is 26.1. The number of amides is 2. The molecule has 1 aliphatic heterocycles. The molecule has 1 N–H and O–H groups in total. The molecule has 10 nitrogen and oxygen atoms in total. The number of ether oxygens (including phenoxy) is 2. The normalized spacial score (nSPS) is 14.3. The highest BCUT2D eigenvalue weighted by atomic mass is 35.5. The van der Waals surface area contributed by atoms with Crippen molar-refractivity contribution in [1.82, 2.24) is 10.3 Å². The van der Waals surface area contributed by atoms with Gasteiger partial charge in [0.05, 0.1) is 29.4 Å². The van der Waals surface area contributed by atoms with Crippen LogP contribution in [-0.2, 0) is 20.7 Å². The molecule has 0 spiro atoms. The van der Waals surface area contributed by atoms with Crippen LogP contribution in [0.2, 0.25) is 5.02 Å². The van der Waals surface area contributed by atoms with E-state index in [4.69, 9.17) is 25.5 Å². The van der Waals surface area contributed by atoms with Crippen LogP contribution in [0, 0.1) is 6.92 Å². The first-order chi connectivity index (χ1) is 21.8. The summed E-state index contributed by atoms with van der Waals surface area (Å²) in [7, 11) is 0. The maximum Gasteiger partial charge on any atom is 0.307 e. The minimum atomic E-state index is -0.346. The molecule has 6 rings (SSSR count). The Labute approximate surface area is 266 Å². The SMILES string of the molecule is CCOC(=O)CCNC(=O)CCc1oc2cc(Cl)c(Oc3ccncc3C(=O)N3CCN(C4CC4)c4ccccc43)cc2c1C. The van der Waals surface area contributed by atoms with E-state index in [0.29, 0.717) is 59.0 Å². The zero-order chi connectivity index (χ0) is 31.5. The Morgan fingerprint density at radius 3 is 2.64 bits per heavy atom. The number of aryl methyl sites for hydroxylation is 2. The van der Waals surface area contributed by atoms with Crippen molar-refractivity contribution >= 4 is 51.7 Å². The van der Waals surface area contributed by atoms with Gasteiger partial charge in [-0.05, 0) is 56.5 Å². The van der Waals surface area contributed by atoms with Crippen molar-refractivity contribution in [3.05, 3.63) is 76.8 Å². The quantitative estimate of drug-likeness (QED) is 0.195. The average molecular weight is 631 g/mol. The second-order valence-electron chi connectivity index (χ2n) is 11.2. The molecule has 2 aromatic carbocycles. The van der Waals surface area contributed by atoms with Gasteiger partial charge in [-0.3, -0.25) is 19.4 Å². The Hall–Kier alpha value is -4.57. The third-order valence-corrected chi connectivity index (χ3v) is 8.43. The molecule has 0 saturated heterocycles. The van der Waals surface area contributed by atoms with Crippen LogP contribution >= 0.6 is 11.6 Å². The molecule has 0 bridgehead atoms. The van der Waals surface area contributed by atoms with Gasteiger partial charge in [-0.15, -0.1) is 0 Å². The van der Waals surface area contributed by atoms with Gasteiger partial charge in [-0.1, -0.05) is 23.7 Å². The molecule has 4 aromatic rings. The lowest BCUT2D eigenvalue weighted by molar-refractivity contribution is -0.143. The number of anilines is 2. The number of nitrogens with one attached hydrogen (secondary N) is 1. The molecule has 11 heteroatoms. The summed E-state index contributed by atoms with van der Waals surface area (Å²) in [4.78, 5) is 46.2.